The molecule has 0 saturated carbocycles. The Bertz CT molecular complexity index is 2140. The molecule has 4 aliphatic rings. The second-order valence-corrected chi connectivity index (χ2v) is 15.5. The Labute approximate surface area is 332 Å². The maximum absolute atomic E-state index is 14.6. The van der Waals surface area contributed by atoms with E-state index in [9.17, 15) is 31.9 Å². The van der Waals surface area contributed by atoms with Crippen LogP contribution in [0.2, 0.25) is 0 Å². The second kappa shape index (κ2) is 16.4. The van der Waals surface area contributed by atoms with Crippen molar-refractivity contribution in [2.75, 3.05) is 59.5 Å². The first-order valence-corrected chi connectivity index (χ1v) is 19.6. The molecule has 6 bridgehead atoms. The first kappa shape index (κ1) is 39.4. The molecular weight excluding hydrogens is 760 g/mol. The summed E-state index contributed by atoms with van der Waals surface area (Å²) < 4.78 is 69.6. The molecule has 0 aliphatic carbocycles. The van der Waals surface area contributed by atoms with Crippen molar-refractivity contribution in [3.05, 3.63) is 89.5 Å². The van der Waals surface area contributed by atoms with Gasteiger partial charge < -0.3 is 29.1 Å². The Morgan fingerprint density at radius 2 is 1.72 bits per heavy atom. The number of piperazine rings is 1. The number of halogens is 4. The van der Waals surface area contributed by atoms with E-state index >= 15 is 0 Å². The lowest BCUT2D eigenvalue weighted by atomic mass is 9.80. The minimum absolute atomic E-state index is 0.0185. The predicted molar refractivity (Wildman–Crippen MR) is 201 cm³/mol. The molecule has 13 nitrogen and oxygen atoms in total. The van der Waals surface area contributed by atoms with Crippen LogP contribution in [0.4, 0.5) is 17.6 Å². The fourth-order valence-electron chi connectivity index (χ4n) is 8.34. The van der Waals surface area contributed by atoms with Crippen LogP contribution < -0.4 is 4.74 Å². The highest BCUT2D eigenvalue weighted by atomic mass is 19.4. The molecular formula is C41H44F4N8O5. The SMILES string of the molecule is CN1CCN(C(=O)C[C@@H]2CCN3C[C@@H]2CCOc2cc(C(F)(F)F)cc(n2)-c2cccc(c2)C(=O)N2C[C@H](OCc4cn(-c5ccc(F)cc5)nn4)C[C@H]2C3=O)CC1. The Morgan fingerprint density at radius 1 is 0.948 bits per heavy atom. The smallest absolute Gasteiger partial charge is 0.416 e. The number of pyridine rings is 1. The molecule has 0 N–H and O–H groups in total. The molecule has 0 spiro atoms. The van der Waals surface area contributed by atoms with E-state index in [0.717, 1.165) is 25.2 Å². The van der Waals surface area contributed by atoms with E-state index in [4.69, 9.17) is 9.47 Å². The monoisotopic (exact) mass is 804 g/mol. The number of aromatic nitrogens is 4. The Kier molecular flexibility index (Phi) is 11.2. The number of carbonyl (C=O) groups is 3. The highest BCUT2D eigenvalue weighted by Crippen LogP contribution is 2.36. The van der Waals surface area contributed by atoms with Crippen LogP contribution in [0.1, 0.15) is 47.3 Å². The lowest BCUT2D eigenvalue weighted by Crippen LogP contribution is -2.53. The number of likely N-dealkylation sites (N-methyl/N-ethyl adjacent to an activating group) is 1. The number of alkyl halides is 3. The summed E-state index contributed by atoms with van der Waals surface area (Å²) >= 11 is 0. The maximum atomic E-state index is 14.6. The van der Waals surface area contributed by atoms with Crippen LogP contribution in [-0.2, 0) is 27.1 Å². The van der Waals surface area contributed by atoms with E-state index in [1.807, 2.05) is 11.9 Å². The zero-order valence-electron chi connectivity index (χ0n) is 32.0. The van der Waals surface area contributed by atoms with Crippen LogP contribution in [0.15, 0.2) is 66.9 Å². The molecule has 4 aromatic rings. The van der Waals surface area contributed by atoms with Gasteiger partial charge in [0.15, 0.2) is 0 Å². The average molecular weight is 805 g/mol. The van der Waals surface area contributed by atoms with Crippen LogP contribution >= 0.6 is 0 Å². The predicted octanol–water partition coefficient (Wildman–Crippen LogP) is 4.70. The van der Waals surface area contributed by atoms with Crippen molar-refractivity contribution < 1.29 is 41.4 Å². The summed E-state index contributed by atoms with van der Waals surface area (Å²) in [7, 11) is 2.02. The first-order valence-electron chi connectivity index (χ1n) is 19.6. The normalized spacial score (nSPS) is 23.2. The van der Waals surface area contributed by atoms with E-state index in [0.29, 0.717) is 43.9 Å². The number of carbonyl (C=O) groups excluding carboxylic acids is 3. The molecule has 0 unspecified atom stereocenters. The van der Waals surface area contributed by atoms with Crippen LogP contribution in [0.3, 0.4) is 0 Å². The van der Waals surface area contributed by atoms with Gasteiger partial charge in [-0.1, -0.05) is 17.3 Å². The zero-order valence-corrected chi connectivity index (χ0v) is 32.0. The third-order valence-corrected chi connectivity index (χ3v) is 11.7. The number of hydrogen-bond donors (Lipinski definition) is 0. The fraction of sp³-hybridized carbons (Fsp3) is 0.463. The molecule has 4 atom stereocenters. The number of fused-ring (bicyclic) bond motifs is 8. The highest BCUT2D eigenvalue weighted by Gasteiger charge is 2.44. The number of hydrogen-bond acceptors (Lipinski definition) is 9. The van der Waals surface area contributed by atoms with E-state index < -0.39 is 29.8 Å². The summed E-state index contributed by atoms with van der Waals surface area (Å²) in [6, 6.07) is 12.8. The molecule has 0 radical (unpaired) electrons. The standard InChI is InChI=1S/C41H44F4N8O5/c1-49-12-14-50(15-13-49)38(54)18-26-9-11-51-22-29(26)10-16-57-37-20-30(41(43,44)45)19-35(46-37)27-3-2-4-28(17-27)39(55)52-24-34(21-36(52)40(51)56)58-25-32-23-53(48-47-32)33-7-5-31(42)6-8-33/h2-8,17,19-20,23,26,29,34,36H,9-16,18,21-22,24-25H2,1H3/t26-,29-,34+,36-/m0/s1. The lowest BCUT2D eigenvalue weighted by molar-refractivity contribution is -0.140. The molecule has 8 rings (SSSR count). The van der Waals surface area contributed by atoms with Gasteiger partial charge in [0.25, 0.3) is 5.91 Å². The van der Waals surface area contributed by atoms with E-state index in [2.05, 4.69) is 20.2 Å². The first-order chi connectivity index (χ1) is 27.9. The van der Waals surface area contributed by atoms with Crippen molar-refractivity contribution >= 4 is 17.7 Å². The summed E-state index contributed by atoms with van der Waals surface area (Å²) in [5.41, 5.74) is 0.584. The fourth-order valence-corrected chi connectivity index (χ4v) is 8.34. The van der Waals surface area contributed by atoms with Crippen LogP contribution in [0.25, 0.3) is 16.9 Å². The minimum atomic E-state index is -4.68. The van der Waals surface area contributed by atoms with Gasteiger partial charge in [-0.3, -0.25) is 14.4 Å². The summed E-state index contributed by atoms with van der Waals surface area (Å²) in [5.74, 6) is -1.56. The van der Waals surface area contributed by atoms with Gasteiger partial charge in [0.05, 0.1) is 42.5 Å². The van der Waals surface area contributed by atoms with Crippen molar-refractivity contribution in [1.29, 1.82) is 0 Å². The molecule has 6 heterocycles. The minimum Gasteiger partial charge on any atom is -0.478 e. The summed E-state index contributed by atoms with van der Waals surface area (Å²) in [4.78, 5) is 54.2. The van der Waals surface area contributed by atoms with E-state index in [1.165, 1.54) is 27.8 Å². The number of piperidine rings is 1. The molecule has 2 aromatic carbocycles. The van der Waals surface area contributed by atoms with Gasteiger partial charge in [-0.25, -0.2) is 14.1 Å². The van der Waals surface area contributed by atoms with Gasteiger partial charge in [0.1, 0.15) is 17.6 Å². The second-order valence-electron chi connectivity index (χ2n) is 15.5. The van der Waals surface area contributed by atoms with E-state index in [1.54, 1.807) is 41.4 Å². The lowest BCUT2D eigenvalue weighted by Gasteiger charge is -2.41. The van der Waals surface area contributed by atoms with Gasteiger partial charge in [-0.15, -0.1) is 5.10 Å². The molecule has 306 valence electrons. The van der Waals surface area contributed by atoms with Gasteiger partial charge in [-0.2, -0.15) is 13.2 Å². The Morgan fingerprint density at radius 3 is 2.50 bits per heavy atom. The summed E-state index contributed by atoms with van der Waals surface area (Å²) in [5, 5.41) is 8.30. The Hall–Kier alpha value is -5.42. The molecule has 4 aliphatic heterocycles. The van der Waals surface area contributed by atoms with Gasteiger partial charge in [0.2, 0.25) is 17.7 Å². The molecule has 3 fully saturated rings. The molecule has 3 saturated heterocycles. The molecule has 58 heavy (non-hydrogen) atoms. The summed E-state index contributed by atoms with van der Waals surface area (Å²) in [6.45, 7) is 3.62. The van der Waals surface area contributed by atoms with Crippen molar-refractivity contribution in [3.8, 4) is 22.8 Å². The molecule has 3 amide bonds. The number of amides is 3. The highest BCUT2D eigenvalue weighted by molar-refractivity contribution is 5.99. The number of rotatable bonds is 6. The zero-order chi connectivity index (χ0) is 40.6. The van der Waals surface area contributed by atoms with Crippen molar-refractivity contribution in [1.82, 2.24) is 39.6 Å². The van der Waals surface area contributed by atoms with Gasteiger partial charge >= 0.3 is 6.18 Å². The maximum Gasteiger partial charge on any atom is 0.416 e. The number of ether oxygens (including phenoxy) is 2. The summed E-state index contributed by atoms with van der Waals surface area (Å²) in [6.07, 6.45) is -2.21. The third-order valence-electron chi connectivity index (χ3n) is 11.7. The Balaban J connectivity index is 1.08. The van der Waals surface area contributed by atoms with Crippen molar-refractivity contribution in [2.45, 2.75) is 50.6 Å². The molecule has 17 heteroatoms. The van der Waals surface area contributed by atoms with Gasteiger partial charge in [-0.05, 0) is 74.2 Å². The quantitative estimate of drug-likeness (QED) is 0.255. The van der Waals surface area contributed by atoms with Crippen molar-refractivity contribution in [2.24, 2.45) is 11.8 Å². The van der Waals surface area contributed by atoms with E-state index in [-0.39, 0.29) is 91.3 Å². The third kappa shape index (κ3) is 8.70. The van der Waals surface area contributed by atoms with Gasteiger partial charge in [0, 0.05) is 75.8 Å². The molecule has 2 aromatic heterocycles. The van der Waals surface area contributed by atoms with Crippen LogP contribution in [0, 0.1) is 17.7 Å². The van der Waals surface area contributed by atoms with Crippen LogP contribution in [-0.4, -0.2) is 129 Å². The van der Waals surface area contributed by atoms with Crippen molar-refractivity contribution in [3.63, 3.8) is 0 Å². The largest absolute Gasteiger partial charge is 0.478 e. The topological polar surface area (TPSA) is 126 Å². The number of benzene rings is 2. The average Bonchev–Trinajstić information content (AvgIpc) is 3.88. The van der Waals surface area contributed by atoms with Crippen LogP contribution in [0.5, 0.6) is 5.88 Å². The number of nitrogens with zero attached hydrogens (tertiary/aromatic N) is 8.